The molecule has 2 atom stereocenters. The molecule has 0 saturated carbocycles. The van der Waals surface area contributed by atoms with Crippen molar-refractivity contribution < 1.29 is 5.11 Å². The smallest absolute Gasteiger partial charge is 0.0599 e. The molecule has 0 amide bonds. The Labute approximate surface area is 87.7 Å². The fraction of sp³-hybridized carbons (Fsp3) is 1.00. The van der Waals surface area contributed by atoms with Crippen molar-refractivity contribution in [2.75, 3.05) is 33.3 Å². The van der Waals surface area contributed by atoms with Gasteiger partial charge in [0, 0.05) is 18.6 Å². The van der Waals surface area contributed by atoms with Gasteiger partial charge in [-0.1, -0.05) is 6.92 Å². The average molecular weight is 200 g/mol. The lowest BCUT2D eigenvalue weighted by Gasteiger charge is -2.30. The van der Waals surface area contributed by atoms with Gasteiger partial charge in [0.1, 0.15) is 0 Å². The summed E-state index contributed by atoms with van der Waals surface area (Å²) in [6, 6.07) is 0.974. The number of nitrogens with zero attached hydrogens (tertiary/aromatic N) is 2. The van der Waals surface area contributed by atoms with Crippen molar-refractivity contribution in [1.29, 1.82) is 0 Å². The lowest BCUT2D eigenvalue weighted by molar-refractivity contribution is 0.116. The van der Waals surface area contributed by atoms with Crippen molar-refractivity contribution >= 4 is 0 Å². The van der Waals surface area contributed by atoms with Crippen LogP contribution in [0.1, 0.15) is 26.7 Å². The number of rotatable bonds is 3. The molecule has 3 nitrogen and oxygen atoms in total. The minimum absolute atomic E-state index is 0.281. The number of likely N-dealkylation sites (N-methyl/N-ethyl adjacent to an activating group) is 1. The molecule has 1 aliphatic rings. The van der Waals surface area contributed by atoms with E-state index in [0.29, 0.717) is 12.1 Å². The zero-order valence-electron chi connectivity index (χ0n) is 9.74. The number of hydrogen-bond acceptors (Lipinski definition) is 3. The third-order valence-electron chi connectivity index (χ3n) is 3.45. The first-order valence-electron chi connectivity index (χ1n) is 5.74. The van der Waals surface area contributed by atoms with Crippen LogP contribution in [-0.2, 0) is 0 Å². The van der Waals surface area contributed by atoms with Crippen LogP contribution >= 0.6 is 0 Å². The van der Waals surface area contributed by atoms with Crippen LogP contribution in [0.3, 0.4) is 0 Å². The lowest BCUT2D eigenvalue weighted by Crippen LogP contribution is -2.44. The topological polar surface area (TPSA) is 26.7 Å². The SMILES string of the molecule is CCC(C)N1CCCN(C)C(CO)C1. The molecule has 0 aliphatic carbocycles. The molecule has 1 saturated heterocycles. The summed E-state index contributed by atoms with van der Waals surface area (Å²) in [5, 5.41) is 9.29. The van der Waals surface area contributed by atoms with Crippen LogP contribution in [0.25, 0.3) is 0 Å². The molecule has 0 spiro atoms. The Morgan fingerprint density at radius 1 is 1.43 bits per heavy atom. The van der Waals surface area contributed by atoms with E-state index in [4.69, 9.17) is 0 Å². The standard InChI is InChI=1S/C11H24N2O/c1-4-10(2)13-7-5-6-12(3)11(8-13)9-14/h10-11,14H,4-9H2,1-3H3. The van der Waals surface area contributed by atoms with E-state index in [1.165, 1.54) is 19.4 Å². The van der Waals surface area contributed by atoms with Crippen LogP contribution < -0.4 is 0 Å². The third-order valence-corrected chi connectivity index (χ3v) is 3.45. The molecule has 0 radical (unpaired) electrons. The summed E-state index contributed by atoms with van der Waals surface area (Å²) in [5.41, 5.74) is 0. The van der Waals surface area contributed by atoms with Gasteiger partial charge in [0.05, 0.1) is 6.61 Å². The number of hydrogen-bond donors (Lipinski definition) is 1. The van der Waals surface area contributed by atoms with Crippen LogP contribution in [0.15, 0.2) is 0 Å². The van der Waals surface area contributed by atoms with E-state index in [1.807, 2.05) is 0 Å². The van der Waals surface area contributed by atoms with Crippen molar-refractivity contribution in [3.8, 4) is 0 Å². The Hall–Kier alpha value is -0.120. The zero-order valence-corrected chi connectivity index (χ0v) is 9.74. The molecule has 1 N–H and O–H groups in total. The first-order chi connectivity index (χ1) is 6.69. The Bertz CT molecular complexity index is 163. The van der Waals surface area contributed by atoms with Crippen LogP contribution in [-0.4, -0.2) is 60.3 Å². The van der Waals surface area contributed by atoms with Crippen molar-refractivity contribution in [3.05, 3.63) is 0 Å². The molecule has 1 aliphatic heterocycles. The van der Waals surface area contributed by atoms with Gasteiger partial charge in [-0.15, -0.1) is 0 Å². The molecule has 3 heteroatoms. The summed E-state index contributed by atoms with van der Waals surface area (Å²) < 4.78 is 0. The highest BCUT2D eigenvalue weighted by Crippen LogP contribution is 2.12. The van der Waals surface area contributed by atoms with Gasteiger partial charge >= 0.3 is 0 Å². The normalized spacial score (nSPS) is 28.7. The monoisotopic (exact) mass is 200 g/mol. The van der Waals surface area contributed by atoms with Crippen LogP contribution in [0.2, 0.25) is 0 Å². The molecular formula is C11H24N2O. The minimum Gasteiger partial charge on any atom is -0.395 e. The van der Waals surface area contributed by atoms with Gasteiger partial charge in [-0.2, -0.15) is 0 Å². The van der Waals surface area contributed by atoms with Gasteiger partial charge in [0.15, 0.2) is 0 Å². The van der Waals surface area contributed by atoms with E-state index in [2.05, 4.69) is 30.7 Å². The molecule has 0 aromatic heterocycles. The van der Waals surface area contributed by atoms with Gasteiger partial charge in [-0.05, 0) is 39.9 Å². The molecule has 2 unspecified atom stereocenters. The van der Waals surface area contributed by atoms with Crippen molar-refractivity contribution in [2.45, 2.75) is 38.8 Å². The van der Waals surface area contributed by atoms with Gasteiger partial charge in [0.2, 0.25) is 0 Å². The predicted octanol–water partition coefficient (Wildman–Crippen LogP) is 0.783. The minimum atomic E-state index is 0.281. The molecule has 1 fully saturated rings. The fourth-order valence-electron chi connectivity index (χ4n) is 2.06. The summed E-state index contributed by atoms with van der Waals surface area (Å²) in [6.07, 6.45) is 2.42. The van der Waals surface area contributed by atoms with E-state index in [-0.39, 0.29) is 6.61 Å². The van der Waals surface area contributed by atoms with E-state index < -0.39 is 0 Å². The molecule has 1 rings (SSSR count). The largest absolute Gasteiger partial charge is 0.395 e. The molecule has 0 aromatic carbocycles. The van der Waals surface area contributed by atoms with Gasteiger partial charge in [-0.3, -0.25) is 9.80 Å². The molecule has 14 heavy (non-hydrogen) atoms. The average Bonchev–Trinajstić information content (AvgIpc) is 2.39. The van der Waals surface area contributed by atoms with E-state index in [0.717, 1.165) is 13.1 Å². The zero-order chi connectivity index (χ0) is 10.6. The van der Waals surface area contributed by atoms with Crippen molar-refractivity contribution in [3.63, 3.8) is 0 Å². The first-order valence-corrected chi connectivity index (χ1v) is 5.74. The summed E-state index contributed by atoms with van der Waals surface area (Å²) in [5.74, 6) is 0. The van der Waals surface area contributed by atoms with Crippen LogP contribution in [0, 0.1) is 0 Å². The second kappa shape index (κ2) is 5.69. The van der Waals surface area contributed by atoms with E-state index >= 15 is 0 Å². The Balaban J connectivity index is 2.54. The lowest BCUT2D eigenvalue weighted by atomic mass is 10.2. The van der Waals surface area contributed by atoms with E-state index in [9.17, 15) is 5.11 Å². The summed E-state index contributed by atoms with van der Waals surface area (Å²) in [6.45, 7) is 8.09. The summed E-state index contributed by atoms with van der Waals surface area (Å²) in [4.78, 5) is 4.78. The molecule has 0 bridgehead atoms. The van der Waals surface area contributed by atoms with Crippen LogP contribution in [0.5, 0.6) is 0 Å². The second-order valence-electron chi connectivity index (χ2n) is 4.42. The predicted molar refractivity (Wildman–Crippen MR) is 59.4 cm³/mol. The third kappa shape index (κ3) is 2.94. The number of aliphatic hydroxyl groups is 1. The van der Waals surface area contributed by atoms with Gasteiger partial charge < -0.3 is 5.11 Å². The summed E-state index contributed by atoms with van der Waals surface area (Å²) in [7, 11) is 2.11. The quantitative estimate of drug-likeness (QED) is 0.729. The molecule has 0 aromatic rings. The highest BCUT2D eigenvalue weighted by Gasteiger charge is 2.23. The molecular weight excluding hydrogens is 176 g/mol. The molecule has 1 heterocycles. The Morgan fingerprint density at radius 2 is 2.14 bits per heavy atom. The Kier molecular flexibility index (Phi) is 4.85. The fourth-order valence-corrected chi connectivity index (χ4v) is 2.06. The maximum atomic E-state index is 9.29. The van der Waals surface area contributed by atoms with Crippen LogP contribution in [0.4, 0.5) is 0 Å². The maximum Gasteiger partial charge on any atom is 0.0599 e. The number of aliphatic hydroxyl groups excluding tert-OH is 1. The van der Waals surface area contributed by atoms with E-state index in [1.54, 1.807) is 0 Å². The molecule has 84 valence electrons. The summed E-state index contributed by atoms with van der Waals surface area (Å²) >= 11 is 0. The van der Waals surface area contributed by atoms with Crippen molar-refractivity contribution in [1.82, 2.24) is 9.80 Å². The highest BCUT2D eigenvalue weighted by molar-refractivity contribution is 4.79. The maximum absolute atomic E-state index is 9.29. The highest BCUT2D eigenvalue weighted by atomic mass is 16.3. The van der Waals surface area contributed by atoms with Gasteiger partial charge in [0.25, 0.3) is 0 Å². The Morgan fingerprint density at radius 3 is 2.71 bits per heavy atom. The second-order valence-corrected chi connectivity index (χ2v) is 4.42. The first kappa shape index (κ1) is 12.0. The van der Waals surface area contributed by atoms with Crippen molar-refractivity contribution in [2.24, 2.45) is 0 Å². The van der Waals surface area contributed by atoms with Gasteiger partial charge in [-0.25, -0.2) is 0 Å².